The highest BCUT2D eigenvalue weighted by molar-refractivity contribution is 7.21. The number of ketones is 2. The van der Waals surface area contributed by atoms with Crippen molar-refractivity contribution in [3.05, 3.63) is 82.6 Å². The summed E-state index contributed by atoms with van der Waals surface area (Å²) >= 11 is 1.62. The molecule has 4 nitrogen and oxygen atoms in total. The van der Waals surface area contributed by atoms with Gasteiger partial charge in [0.2, 0.25) is 0 Å². The fourth-order valence-electron chi connectivity index (χ4n) is 3.99. The summed E-state index contributed by atoms with van der Waals surface area (Å²) in [5.74, 6) is -0.399. The lowest BCUT2D eigenvalue weighted by Gasteiger charge is -2.11. The maximum absolute atomic E-state index is 12.9. The summed E-state index contributed by atoms with van der Waals surface area (Å²) in [6.45, 7) is 6.09. The minimum absolute atomic E-state index is 0.135. The van der Waals surface area contributed by atoms with E-state index in [4.69, 9.17) is 4.98 Å². The largest absolute Gasteiger partial charge is 0.323 e. The molecule has 0 fully saturated rings. The zero-order valence-electron chi connectivity index (χ0n) is 17.0. The molecule has 0 amide bonds. The van der Waals surface area contributed by atoms with E-state index in [1.54, 1.807) is 29.5 Å². The fourth-order valence-corrected chi connectivity index (χ4v) is 5.00. The van der Waals surface area contributed by atoms with Crippen molar-refractivity contribution >= 4 is 39.3 Å². The van der Waals surface area contributed by atoms with E-state index in [2.05, 4.69) is 30.5 Å². The third-order valence-electron chi connectivity index (χ3n) is 5.40. The minimum atomic E-state index is -0.201. The Bertz CT molecular complexity index is 1360. The van der Waals surface area contributed by atoms with Gasteiger partial charge >= 0.3 is 0 Å². The lowest BCUT2D eigenvalue weighted by Crippen LogP contribution is -2.06. The van der Waals surface area contributed by atoms with Gasteiger partial charge in [-0.2, -0.15) is 0 Å². The Labute approximate surface area is 178 Å². The van der Waals surface area contributed by atoms with E-state index < -0.39 is 0 Å². The van der Waals surface area contributed by atoms with Gasteiger partial charge < -0.3 is 4.57 Å². The summed E-state index contributed by atoms with van der Waals surface area (Å²) < 4.78 is 3.14. The number of benzene rings is 2. The topological polar surface area (TPSA) is 52.0 Å². The summed E-state index contributed by atoms with van der Waals surface area (Å²) in [6, 6.07) is 17.7. The van der Waals surface area contributed by atoms with Gasteiger partial charge in [0.15, 0.2) is 17.2 Å². The van der Waals surface area contributed by atoms with E-state index >= 15 is 0 Å². The van der Waals surface area contributed by atoms with Crippen LogP contribution in [-0.4, -0.2) is 21.1 Å². The second-order valence-corrected chi connectivity index (χ2v) is 8.90. The quantitative estimate of drug-likeness (QED) is 0.301. The van der Waals surface area contributed by atoms with Gasteiger partial charge in [0.1, 0.15) is 5.01 Å². The van der Waals surface area contributed by atoms with Crippen molar-refractivity contribution in [3.8, 4) is 10.6 Å². The van der Waals surface area contributed by atoms with Gasteiger partial charge in [0, 0.05) is 28.4 Å². The van der Waals surface area contributed by atoms with Crippen molar-refractivity contribution in [2.24, 2.45) is 0 Å². The summed E-state index contributed by atoms with van der Waals surface area (Å²) in [6.07, 6.45) is 1.73. The molecule has 5 heteroatoms. The highest BCUT2D eigenvalue weighted by atomic mass is 32.1. The Kier molecular flexibility index (Phi) is 4.29. The molecular formula is C25H20N2O2S. The van der Waals surface area contributed by atoms with E-state index in [-0.39, 0.29) is 23.2 Å². The van der Waals surface area contributed by atoms with Crippen LogP contribution in [0.4, 0.5) is 0 Å². The average molecular weight is 413 g/mol. The van der Waals surface area contributed by atoms with Crippen LogP contribution in [0.15, 0.2) is 60.2 Å². The van der Waals surface area contributed by atoms with Crippen molar-refractivity contribution < 1.29 is 9.59 Å². The van der Waals surface area contributed by atoms with Crippen LogP contribution in [0.3, 0.4) is 0 Å². The summed E-state index contributed by atoms with van der Waals surface area (Å²) in [4.78, 5) is 30.7. The minimum Gasteiger partial charge on any atom is -0.323 e. The molecule has 0 bridgehead atoms. The van der Waals surface area contributed by atoms with Gasteiger partial charge in [0.05, 0.1) is 10.3 Å². The third-order valence-corrected chi connectivity index (χ3v) is 6.44. The molecule has 0 aliphatic heterocycles. The lowest BCUT2D eigenvalue weighted by molar-refractivity contribution is 0.0990. The Hall–Kier alpha value is -3.31. The average Bonchev–Trinajstić information content (AvgIpc) is 3.35. The number of fused-ring (bicyclic) bond motifs is 2. The first-order valence-electron chi connectivity index (χ1n) is 9.93. The van der Waals surface area contributed by atoms with Gasteiger partial charge in [-0.05, 0) is 39.0 Å². The SMILES string of the molecule is Cc1ccc2c(c1)C(=O)/C(=C\c1cc3sc(-c4ccccc4)nc3n1C(C)C)C2=O. The molecule has 2 aromatic heterocycles. The second-order valence-electron chi connectivity index (χ2n) is 7.87. The van der Waals surface area contributed by atoms with Crippen LogP contribution in [0.25, 0.3) is 27.0 Å². The Balaban J connectivity index is 1.63. The Morgan fingerprint density at radius 2 is 1.70 bits per heavy atom. The van der Waals surface area contributed by atoms with Crippen LogP contribution < -0.4 is 0 Å². The highest BCUT2D eigenvalue weighted by Crippen LogP contribution is 2.36. The van der Waals surface area contributed by atoms with E-state index in [9.17, 15) is 9.59 Å². The first-order valence-corrected chi connectivity index (χ1v) is 10.7. The summed E-state index contributed by atoms with van der Waals surface area (Å²) in [5.41, 5.74) is 4.99. The number of aromatic nitrogens is 2. The van der Waals surface area contributed by atoms with E-state index in [0.29, 0.717) is 11.1 Å². The molecule has 1 aliphatic carbocycles. The number of hydrogen-bond acceptors (Lipinski definition) is 4. The molecule has 30 heavy (non-hydrogen) atoms. The predicted molar refractivity (Wildman–Crippen MR) is 121 cm³/mol. The molecule has 0 saturated carbocycles. The Morgan fingerprint density at radius 3 is 2.43 bits per heavy atom. The molecule has 0 N–H and O–H groups in total. The van der Waals surface area contributed by atoms with Crippen molar-refractivity contribution in [2.75, 3.05) is 0 Å². The monoisotopic (exact) mass is 412 g/mol. The van der Waals surface area contributed by atoms with Gasteiger partial charge in [0.25, 0.3) is 0 Å². The zero-order valence-corrected chi connectivity index (χ0v) is 17.8. The smallest absolute Gasteiger partial charge is 0.197 e. The third kappa shape index (κ3) is 2.85. The number of Topliss-reactive ketones (excluding diaryl/α,β-unsaturated/α-hetero) is 2. The number of rotatable bonds is 3. The Morgan fingerprint density at radius 1 is 0.967 bits per heavy atom. The predicted octanol–water partition coefficient (Wildman–Crippen LogP) is 6.12. The molecule has 0 atom stereocenters. The van der Waals surface area contributed by atoms with E-state index in [0.717, 1.165) is 32.2 Å². The number of hydrogen-bond donors (Lipinski definition) is 0. The zero-order chi connectivity index (χ0) is 21.0. The van der Waals surface area contributed by atoms with E-state index in [1.165, 1.54) is 0 Å². The first kappa shape index (κ1) is 18.7. The number of aryl methyl sites for hydroxylation is 1. The fraction of sp³-hybridized carbons (Fsp3) is 0.160. The molecule has 4 aromatic rings. The highest BCUT2D eigenvalue weighted by Gasteiger charge is 2.33. The van der Waals surface area contributed by atoms with Crippen LogP contribution in [-0.2, 0) is 0 Å². The molecule has 5 rings (SSSR count). The second kappa shape index (κ2) is 6.89. The number of allylic oxidation sites excluding steroid dienone is 1. The number of thiazole rings is 1. The lowest BCUT2D eigenvalue weighted by atomic mass is 10.1. The molecule has 148 valence electrons. The van der Waals surface area contributed by atoms with Crippen LogP contribution in [0.2, 0.25) is 0 Å². The van der Waals surface area contributed by atoms with Gasteiger partial charge in [-0.15, -0.1) is 11.3 Å². The number of carbonyl (C=O) groups excluding carboxylic acids is 2. The van der Waals surface area contributed by atoms with Gasteiger partial charge in [-0.25, -0.2) is 4.98 Å². The molecule has 2 heterocycles. The molecule has 0 spiro atoms. The van der Waals surface area contributed by atoms with E-state index in [1.807, 2.05) is 37.3 Å². The van der Waals surface area contributed by atoms with Crippen molar-refractivity contribution in [1.82, 2.24) is 9.55 Å². The van der Waals surface area contributed by atoms with Crippen molar-refractivity contribution in [2.45, 2.75) is 26.8 Å². The molecule has 0 saturated heterocycles. The number of nitrogens with zero attached hydrogens (tertiary/aromatic N) is 2. The van der Waals surface area contributed by atoms with Crippen LogP contribution >= 0.6 is 11.3 Å². The van der Waals surface area contributed by atoms with Gasteiger partial charge in [-0.3, -0.25) is 9.59 Å². The standard InChI is InChI=1S/C25H20N2O2S/c1-14(2)27-17(12-20-22(28)18-10-9-15(3)11-19(18)23(20)29)13-21-24(27)26-25(30-21)16-7-5-4-6-8-16/h4-14H,1-3H3/b20-12-. The number of carbonyl (C=O) groups is 2. The summed E-state index contributed by atoms with van der Waals surface area (Å²) in [5, 5.41) is 0.963. The molecule has 2 aromatic carbocycles. The maximum atomic E-state index is 12.9. The molecule has 1 aliphatic rings. The van der Waals surface area contributed by atoms with Crippen LogP contribution in [0, 0.1) is 6.92 Å². The maximum Gasteiger partial charge on any atom is 0.197 e. The normalized spacial score (nSPS) is 15.0. The molecular weight excluding hydrogens is 392 g/mol. The molecule has 0 radical (unpaired) electrons. The van der Waals surface area contributed by atoms with Crippen LogP contribution in [0.5, 0.6) is 0 Å². The first-order chi connectivity index (χ1) is 14.4. The molecule has 0 unspecified atom stereocenters. The van der Waals surface area contributed by atoms with Crippen LogP contribution in [0.1, 0.15) is 51.9 Å². The summed E-state index contributed by atoms with van der Waals surface area (Å²) in [7, 11) is 0. The van der Waals surface area contributed by atoms with Crippen molar-refractivity contribution in [1.29, 1.82) is 0 Å². The van der Waals surface area contributed by atoms with Gasteiger partial charge in [-0.1, -0.05) is 48.0 Å². The van der Waals surface area contributed by atoms with Crippen molar-refractivity contribution in [3.63, 3.8) is 0 Å².